The molecule has 3 rings (SSSR count). The summed E-state index contributed by atoms with van der Waals surface area (Å²) >= 11 is 0. The third-order valence-electron chi connectivity index (χ3n) is 5.28. The Bertz CT molecular complexity index is 403. The molecule has 5 nitrogen and oxygen atoms in total. The fourth-order valence-corrected chi connectivity index (χ4v) is 3.78. The zero-order valence-corrected chi connectivity index (χ0v) is 13.5. The second kappa shape index (κ2) is 7.44. The van der Waals surface area contributed by atoms with Crippen LogP contribution in [0.15, 0.2) is 0 Å². The molecule has 124 valence electrons. The number of rotatable bonds is 6. The van der Waals surface area contributed by atoms with Gasteiger partial charge in [-0.3, -0.25) is 14.5 Å². The molecule has 2 saturated carbocycles. The van der Waals surface area contributed by atoms with Crippen molar-refractivity contribution in [3.63, 3.8) is 0 Å². The fraction of sp³-hybridized carbons (Fsp3) is 0.882. The second-order valence-corrected chi connectivity index (χ2v) is 7.16. The van der Waals surface area contributed by atoms with Crippen molar-refractivity contribution in [2.75, 3.05) is 19.6 Å². The zero-order valence-electron chi connectivity index (χ0n) is 13.5. The van der Waals surface area contributed by atoms with Crippen LogP contribution in [0.1, 0.15) is 57.8 Å². The molecule has 0 aromatic carbocycles. The molecular formula is C17H29N3O2. The molecule has 1 unspecified atom stereocenters. The lowest BCUT2D eigenvalue weighted by molar-refractivity contribution is -0.126. The second-order valence-electron chi connectivity index (χ2n) is 7.16. The quantitative estimate of drug-likeness (QED) is 0.780. The molecule has 0 aromatic rings. The molecule has 0 spiro atoms. The van der Waals surface area contributed by atoms with Crippen molar-refractivity contribution in [1.82, 2.24) is 15.5 Å². The molecule has 22 heavy (non-hydrogen) atoms. The number of hydrogen-bond donors (Lipinski definition) is 2. The maximum Gasteiger partial charge on any atom is 0.223 e. The summed E-state index contributed by atoms with van der Waals surface area (Å²) < 4.78 is 0. The van der Waals surface area contributed by atoms with Crippen molar-refractivity contribution in [2.45, 2.75) is 69.9 Å². The standard InChI is InChI=1S/C17H29N3O2/c21-16(19-14-9-11-20(12-14)15-6-7-15)8-10-18-17(22)13-4-2-1-3-5-13/h13-15H,1-12H2,(H,18,22)(H,19,21). The molecule has 5 heteroatoms. The van der Waals surface area contributed by atoms with Gasteiger partial charge < -0.3 is 10.6 Å². The van der Waals surface area contributed by atoms with Crippen LogP contribution in [0, 0.1) is 5.92 Å². The van der Waals surface area contributed by atoms with Crippen LogP contribution >= 0.6 is 0 Å². The van der Waals surface area contributed by atoms with E-state index >= 15 is 0 Å². The normalized spacial score (nSPS) is 26.8. The molecule has 0 radical (unpaired) electrons. The molecule has 1 heterocycles. The van der Waals surface area contributed by atoms with Crippen molar-refractivity contribution in [2.24, 2.45) is 5.92 Å². The van der Waals surface area contributed by atoms with Crippen molar-refractivity contribution in [1.29, 1.82) is 0 Å². The average Bonchev–Trinajstić information content (AvgIpc) is 3.28. The highest BCUT2D eigenvalue weighted by molar-refractivity contribution is 5.80. The molecule has 2 aliphatic carbocycles. The summed E-state index contributed by atoms with van der Waals surface area (Å²) in [6.07, 6.45) is 9.73. The van der Waals surface area contributed by atoms with E-state index in [1.165, 1.54) is 19.3 Å². The van der Waals surface area contributed by atoms with Crippen LogP contribution < -0.4 is 10.6 Å². The maximum absolute atomic E-state index is 12.0. The van der Waals surface area contributed by atoms with Gasteiger partial charge in [-0.2, -0.15) is 0 Å². The number of nitrogens with one attached hydrogen (secondary N) is 2. The van der Waals surface area contributed by atoms with Gasteiger partial charge in [0.25, 0.3) is 0 Å². The number of carbonyl (C=O) groups is 2. The predicted molar refractivity (Wildman–Crippen MR) is 85.3 cm³/mol. The van der Waals surface area contributed by atoms with E-state index in [1.54, 1.807) is 0 Å². The maximum atomic E-state index is 12.0. The first kappa shape index (κ1) is 15.8. The van der Waals surface area contributed by atoms with Gasteiger partial charge >= 0.3 is 0 Å². The van der Waals surface area contributed by atoms with Crippen molar-refractivity contribution in [3.8, 4) is 0 Å². The minimum atomic E-state index is 0.0755. The van der Waals surface area contributed by atoms with Gasteiger partial charge in [-0.15, -0.1) is 0 Å². The van der Waals surface area contributed by atoms with E-state index in [2.05, 4.69) is 15.5 Å². The van der Waals surface area contributed by atoms with Crippen LogP contribution in [0.5, 0.6) is 0 Å². The van der Waals surface area contributed by atoms with Crippen molar-refractivity contribution in [3.05, 3.63) is 0 Å². The molecule has 1 saturated heterocycles. The van der Waals surface area contributed by atoms with Crippen LogP contribution in [0.25, 0.3) is 0 Å². The SMILES string of the molecule is O=C(CCNC(=O)C1CCCCC1)NC1CCN(C2CC2)C1. The van der Waals surface area contributed by atoms with E-state index in [9.17, 15) is 9.59 Å². The van der Waals surface area contributed by atoms with Crippen LogP contribution in [0.4, 0.5) is 0 Å². The Labute approximate surface area is 133 Å². The summed E-state index contributed by atoms with van der Waals surface area (Å²) in [5, 5.41) is 6.05. The Morgan fingerprint density at radius 3 is 2.50 bits per heavy atom. The predicted octanol–water partition coefficient (Wildman–Crippen LogP) is 1.43. The largest absolute Gasteiger partial charge is 0.355 e. The number of amides is 2. The van der Waals surface area contributed by atoms with Crippen LogP contribution in [-0.4, -0.2) is 48.4 Å². The molecule has 1 aliphatic heterocycles. The fourth-order valence-electron chi connectivity index (χ4n) is 3.78. The van der Waals surface area contributed by atoms with Gasteiger partial charge in [0.1, 0.15) is 0 Å². The van der Waals surface area contributed by atoms with E-state index < -0.39 is 0 Å². The summed E-state index contributed by atoms with van der Waals surface area (Å²) in [6.45, 7) is 2.60. The van der Waals surface area contributed by atoms with Gasteiger partial charge in [-0.05, 0) is 32.1 Å². The summed E-state index contributed by atoms with van der Waals surface area (Å²) in [6, 6.07) is 1.10. The van der Waals surface area contributed by atoms with Gasteiger partial charge in [-0.25, -0.2) is 0 Å². The van der Waals surface area contributed by atoms with E-state index in [0.717, 1.165) is 51.2 Å². The lowest BCUT2D eigenvalue weighted by Gasteiger charge is -2.20. The smallest absolute Gasteiger partial charge is 0.223 e. The number of likely N-dealkylation sites (tertiary alicyclic amines) is 1. The molecule has 1 atom stereocenters. The molecule has 2 amide bonds. The van der Waals surface area contributed by atoms with Gasteiger partial charge in [0.05, 0.1) is 0 Å². The summed E-state index contributed by atoms with van der Waals surface area (Å²) in [4.78, 5) is 26.5. The van der Waals surface area contributed by atoms with Gasteiger partial charge in [-0.1, -0.05) is 19.3 Å². The van der Waals surface area contributed by atoms with Crippen LogP contribution in [0.2, 0.25) is 0 Å². The molecule has 2 N–H and O–H groups in total. The van der Waals surface area contributed by atoms with E-state index in [-0.39, 0.29) is 17.7 Å². The molecule has 0 bridgehead atoms. The third kappa shape index (κ3) is 4.45. The zero-order chi connectivity index (χ0) is 15.4. The monoisotopic (exact) mass is 307 g/mol. The van der Waals surface area contributed by atoms with Crippen LogP contribution in [0.3, 0.4) is 0 Å². The Morgan fingerprint density at radius 2 is 1.77 bits per heavy atom. The van der Waals surface area contributed by atoms with Crippen molar-refractivity contribution < 1.29 is 9.59 Å². The van der Waals surface area contributed by atoms with E-state index in [0.29, 0.717) is 19.0 Å². The molecule has 3 fully saturated rings. The minimum Gasteiger partial charge on any atom is -0.355 e. The highest BCUT2D eigenvalue weighted by Crippen LogP contribution is 2.29. The van der Waals surface area contributed by atoms with E-state index in [4.69, 9.17) is 0 Å². The van der Waals surface area contributed by atoms with Crippen molar-refractivity contribution >= 4 is 11.8 Å². The Hall–Kier alpha value is -1.10. The lowest BCUT2D eigenvalue weighted by Crippen LogP contribution is -2.40. The molecule has 0 aromatic heterocycles. The number of carbonyl (C=O) groups excluding carboxylic acids is 2. The summed E-state index contributed by atoms with van der Waals surface area (Å²) in [5.74, 6) is 0.401. The topological polar surface area (TPSA) is 61.4 Å². The molecule has 3 aliphatic rings. The summed E-state index contributed by atoms with van der Waals surface area (Å²) in [5.41, 5.74) is 0. The van der Waals surface area contributed by atoms with Gasteiger partial charge in [0.15, 0.2) is 0 Å². The molecular weight excluding hydrogens is 278 g/mol. The number of nitrogens with zero attached hydrogens (tertiary/aromatic N) is 1. The van der Waals surface area contributed by atoms with Gasteiger partial charge in [0, 0.05) is 44.1 Å². The summed E-state index contributed by atoms with van der Waals surface area (Å²) in [7, 11) is 0. The first-order chi connectivity index (χ1) is 10.7. The minimum absolute atomic E-state index is 0.0755. The van der Waals surface area contributed by atoms with Crippen LogP contribution in [-0.2, 0) is 9.59 Å². The average molecular weight is 307 g/mol. The Kier molecular flexibility index (Phi) is 5.34. The lowest BCUT2D eigenvalue weighted by atomic mass is 9.89. The third-order valence-corrected chi connectivity index (χ3v) is 5.28. The highest BCUT2D eigenvalue weighted by Gasteiger charge is 2.34. The first-order valence-corrected chi connectivity index (χ1v) is 9.03. The number of hydrogen-bond acceptors (Lipinski definition) is 3. The first-order valence-electron chi connectivity index (χ1n) is 9.03. The van der Waals surface area contributed by atoms with Gasteiger partial charge in [0.2, 0.25) is 11.8 Å². The highest BCUT2D eigenvalue weighted by atomic mass is 16.2. The Morgan fingerprint density at radius 1 is 1.00 bits per heavy atom. The van der Waals surface area contributed by atoms with E-state index in [1.807, 2.05) is 0 Å². The Balaban J connectivity index is 1.28.